The number of hydrogen-bond donors (Lipinski definition) is 0. The highest BCUT2D eigenvalue weighted by molar-refractivity contribution is 6.03. The van der Waals surface area contributed by atoms with Gasteiger partial charge in [0.2, 0.25) is 0 Å². The Morgan fingerprint density at radius 3 is 1.74 bits per heavy atom. The van der Waals surface area contributed by atoms with E-state index in [1.54, 1.807) is 0 Å². The molecule has 9 aromatic carbocycles. The van der Waals surface area contributed by atoms with Crippen LogP contribution in [0.4, 0.5) is 17.1 Å². The Morgan fingerprint density at radius 2 is 0.966 bits per heavy atom. The van der Waals surface area contributed by atoms with E-state index in [-0.39, 0.29) is 0 Å². The first kappa shape index (κ1) is 32.7. The van der Waals surface area contributed by atoms with Gasteiger partial charge in [-0.1, -0.05) is 164 Å². The summed E-state index contributed by atoms with van der Waals surface area (Å²) < 4.78 is 0. The van der Waals surface area contributed by atoms with Crippen molar-refractivity contribution in [1.29, 1.82) is 0 Å². The highest BCUT2D eigenvalue weighted by atomic mass is 15.1. The molecule has 270 valence electrons. The van der Waals surface area contributed by atoms with E-state index in [1.165, 1.54) is 82.7 Å². The standard InChI is InChI=1S/C56H36N2/c1-2-15-42-35-53-50(34-41(42)14-1)49-24-11-23-46(55(49)56(53)51-25-7-5-21-47(51)48-22-6-8-26-52(48)56)39-30-28-37(29-31-39)40-17-9-18-43(33-40)58(44-19-12-32-57-36-44)54-27-10-16-38-13-3-4-20-45(38)54/h1-36H. The predicted molar refractivity (Wildman–Crippen MR) is 241 cm³/mol. The maximum absolute atomic E-state index is 4.52. The van der Waals surface area contributed by atoms with Gasteiger partial charge in [0, 0.05) is 17.3 Å². The third-order valence-corrected chi connectivity index (χ3v) is 12.5. The summed E-state index contributed by atoms with van der Waals surface area (Å²) in [7, 11) is 0. The molecule has 0 fully saturated rings. The number of benzene rings is 9. The first-order chi connectivity index (χ1) is 28.8. The Bertz CT molecular complexity index is 3180. The van der Waals surface area contributed by atoms with Crippen LogP contribution in [0.3, 0.4) is 0 Å². The number of anilines is 3. The fourth-order valence-corrected chi connectivity index (χ4v) is 10.1. The van der Waals surface area contributed by atoms with Gasteiger partial charge in [0.1, 0.15) is 0 Å². The molecule has 2 aliphatic carbocycles. The number of hydrogen-bond acceptors (Lipinski definition) is 2. The quantitative estimate of drug-likeness (QED) is 0.175. The lowest BCUT2D eigenvalue weighted by atomic mass is 9.68. The lowest BCUT2D eigenvalue weighted by Crippen LogP contribution is -2.26. The summed E-state index contributed by atoms with van der Waals surface area (Å²) in [6.07, 6.45) is 3.77. The smallest absolute Gasteiger partial charge is 0.0731 e. The molecular formula is C56H36N2. The van der Waals surface area contributed by atoms with Crippen LogP contribution in [0.5, 0.6) is 0 Å². The second kappa shape index (κ2) is 12.7. The third-order valence-electron chi connectivity index (χ3n) is 12.5. The van der Waals surface area contributed by atoms with E-state index in [2.05, 4.69) is 210 Å². The highest BCUT2D eigenvalue weighted by Crippen LogP contribution is 2.65. The van der Waals surface area contributed by atoms with Crippen LogP contribution in [0.2, 0.25) is 0 Å². The Labute approximate surface area is 338 Å². The van der Waals surface area contributed by atoms with Gasteiger partial charge in [0.05, 0.1) is 23.0 Å². The zero-order chi connectivity index (χ0) is 38.2. The Morgan fingerprint density at radius 1 is 0.362 bits per heavy atom. The van der Waals surface area contributed by atoms with Crippen molar-refractivity contribution in [3.05, 3.63) is 241 Å². The molecule has 0 N–H and O–H groups in total. The molecule has 10 aromatic rings. The van der Waals surface area contributed by atoms with Gasteiger partial charge >= 0.3 is 0 Å². The normalized spacial score (nSPS) is 13.0. The summed E-state index contributed by atoms with van der Waals surface area (Å²) in [5.74, 6) is 0. The topological polar surface area (TPSA) is 16.1 Å². The SMILES string of the molecule is c1cncc(N(c2cccc(-c3ccc(-c4cccc5c4C4(c6ccccc6-c6ccccc64)c4cc6ccccc6cc4-5)cc3)c2)c2cccc3ccccc23)c1. The molecule has 0 atom stereocenters. The molecule has 1 spiro atoms. The van der Waals surface area contributed by atoms with Gasteiger partial charge in [-0.3, -0.25) is 4.98 Å². The minimum absolute atomic E-state index is 0.442. The van der Waals surface area contributed by atoms with Gasteiger partial charge < -0.3 is 4.90 Å². The van der Waals surface area contributed by atoms with Crippen molar-refractivity contribution >= 4 is 38.6 Å². The van der Waals surface area contributed by atoms with Crippen molar-refractivity contribution in [3.63, 3.8) is 0 Å². The Hall–Kier alpha value is -7.55. The predicted octanol–water partition coefficient (Wildman–Crippen LogP) is 14.5. The molecule has 1 heterocycles. The molecule has 2 aliphatic rings. The molecular weight excluding hydrogens is 701 g/mol. The molecule has 12 rings (SSSR count). The average molecular weight is 737 g/mol. The van der Waals surface area contributed by atoms with Gasteiger partial charge in [-0.15, -0.1) is 0 Å². The van der Waals surface area contributed by atoms with Crippen LogP contribution < -0.4 is 4.90 Å². The van der Waals surface area contributed by atoms with Gasteiger partial charge in [0.15, 0.2) is 0 Å². The molecule has 1 aromatic heterocycles. The summed E-state index contributed by atoms with van der Waals surface area (Å²) in [6, 6.07) is 76.1. The van der Waals surface area contributed by atoms with Crippen LogP contribution in [0.15, 0.2) is 219 Å². The maximum atomic E-state index is 4.52. The minimum Gasteiger partial charge on any atom is -0.308 e. The molecule has 0 unspecified atom stereocenters. The van der Waals surface area contributed by atoms with Gasteiger partial charge in [0.25, 0.3) is 0 Å². The van der Waals surface area contributed by atoms with E-state index in [0.29, 0.717) is 0 Å². The van der Waals surface area contributed by atoms with Crippen LogP contribution in [-0.4, -0.2) is 4.98 Å². The van der Waals surface area contributed by atoms with Gasteiger partial charge in [-0.05, 0) is 125 Å². The van der Waals surface area contributed by atoms with E-state index < -0.39 is 5.41 Å². The molecule has 0 bridgehead atoms. The zero-order valence-corrected chi connectivity index (χ0v) is 31.7. The van der Waals surface area contributed by atoms with E-state index in [4.69, 9.17) is 0 Å². The molecule has 2 nitrogen and oxygen atoms in total. The van der Waals surface area contributed by atoms with E-state index >= 15 is 0 Å². The largest absolute Gasteiger partial charge is 0.308 e. The molecule has 0 saturated heterocycles. The first-order valence-electron chi connectivity index (χ1n) is 20.0. The summed E-state index contributed by atoms with van der Waals surface area (Å²) in [6.45, 7) is 0. The van der Waals surface area contributed by atoms with Crippen LogP contribution in [0.1, 0.15) is 22.3 Å². The van der Waals surface area contributed by atoms with E-state index in [9.17, 15) is 0 Å². The summed E-state index contributed by atoms with van der Waals surface area (Å²) in [4.78, 5) is 6.84. The minimum atomic E-state index is -0.442. The molecule has 0 saturated carbocycles. The second-order valence-corrected chi connectivity index (χ2v) is 15.5. The van der Waals surface area contributed by atoms with Crippen LogP contribution >= 0.6 is 0 Å². The molecule has 2 heteroatoms. The number of aromatic nitrogens is 1. The van der Waals surface area contributed by atoms with Crippen molar-refractivity contribution in [2.75, 3.05) is 4.90 Å². The zero-order valence-electron chi connectivity index (χ0n) is 31.7. The van der Waals surface area contributed by atoms with Crippen molar-refractivity contribution < 1.29 is 0 Å². The van der Waals surface area contributed by atoms with E-state index in [1.807, 2.05) is 18.5 Å². The monoisotopic (exact) mass is 736 g/mol. The molecule has 58 heavy (non-hydrogen) atoms. The van der Waals surface area contributed by atoms with Crippen molar-refractivity contribution in [3.8, 4) is 44.5 Å². The van der Waals surface area contributed by atoms with Crippen LogP contribution in [0.25, 0.3) is 66.1 Å². The number of rotatable bonds is 5. The lowest BCUT2D eigenvalue weighted by Gasteiger charge is -2.32. The average Bonchev–Trinajstić information content (AvgIpc) is 3.76. The number of pyridine rings is 1. The second-order valence-electron chi connectivity index (χ2n) is 15.5. The number of fused-ring (bicyclic) bond motifs is 12. The number of nitrogens with zero attached hydrogens (tertiary/aromatic N) is 2. The van der Waals surface area contributed by atoms with E-state index in [0.717, 1.165) is 22.6 Å². The molecule has 0 aliphatic heterocycles. The Kier molecular flexibility index (Phi) is 7.18. The fourth-order valence-electron chi connectivity index (χ4n) is 10.1. The highest BCUT2D eigenvalue weighted by Gasteiger charge is 2.52. The van der Waals surface area contributed by atoms with Crippen molar-refractivity contribution in [2.45, 2.75) is 5.41 Å². The maximum Gasteiger partial charge on any atom is 0.0731 e. The van der Waals surface area contributed by atoms with Crippen molar-refractivity contribution in [1.82, 2.24) is 4.98 Å². The first-order valence-corrected chi connectivity index (χ1v) is 20.0. The summed E-state index contributed by atoms with van der Waals surface area (Å²) in [5, 5.41) is 4.93. The lowest BCUT2D eigenvalue weighted by molar-refractivity contribution is 0.797. The van der Waals surface area contributed by atoms with Crippen LogP contribution in [0, 0.1) is 0 Å². The molecule has 0 radical (unpaired) electrons. The van der Waals surface area contributed by atoms with Gasteiger partial charge in [-0.25, -0.2) is 0 Å². The summed E-state index contributed by atoms with van der Waals surface area (Å²) in [5.41, 5.74) is 18.3. The Balaban J connectivity index is 1.01. The summed E-state index contributed by atoms with van der Waals surface area (Å²) >= 11 is 0. The fraction of sp³-hybridized carbons (Fsp3) is 0.0179. The van der Waals surface area contributed by atoms with Crippen molar-refractivity contribution in [2.24, 2.45) is 0 Å². The third kappa shape index (κ3) is 4.69. The molecule has 0 amide bonds. The van der Waals surface area contributed by atoms with Gasteiger partial charge in [-0.2, -0.15) is 0 Å². The van der Waals surface area contributed by atoms with Crippen LogP contribution in [-0.2, 0) is 5.41 Å².